The van der Waals surface area contributed by atoms with E-state index >= 15 is 0 Å². The van der Waals surface area contributed by atoms with Gasteiger partial charge in [-0.2, -0.15) is 0 Å². The summed E-state index contributed by atoms with van der Waals surface area (Å²) in [6.07, 6.45) is 0. The number of ether oxygens (including phenoxy) is 1. The minimum absolute atomic E-state index is 0.0277. The number of thiazole rings is 1. The Morgan fingerprint density at radius 2 is 1.90 bits per heavy atom. The van der Waals surface area contributed by atoms with E-state index in [1.807, 2.05) is 30.3 Å². The lowest BCUT2D eigenvalue weighted by Crippen LogP contribution is -2.13. The first-order valence-electron chi connectivity index (χ1n) is 8.59. The lowest BCUT2D eigenvalue weighted by molar-refractivity contribution is -0.113. The smallest absolute Gasteiger partial charge is 0.350 e. The Morgan fingerprint density at radius 3 is 2.59 bits per heavy atom. The Kier molecular flexibility index (Phi) is 6.95. The fourth-order valence-electron chi connectivity index (χ4n) is 2.37. The summed E-state index contributed by atoms with van der Waals surface area (Å²) in [5, 5.41) is 2.89. The largest absolute Gasteiger partial charge is 0.462 e. The molecule has 5 nitrogen and oxygen atoms in total. The zero-order chi connectivity index (χ0) is 20.8. The molecule has 0 saturated heterocycles. The predicted octanol–water partition coefficient (Wildman–Crippen LogP) is 5.00. The molecule has 0 saturated carbocycles. The van der Waals surface area contributed by atoms with Gasteiger partial charge in [0.15, 0.2) is 16.8 Å². The van der Waals surface area contributed by atoms with E-state index in [0.29, 0.717) is 15.5 Å². The van der Waals surface area contributed by atoms with Crippen LogP contribution in [0.2, 0.25) is 0 Å². The van der Waals surface area contributed by atoms with Gasteiger partial charge in [0.1, 0.15) is 4.88 Å². The van der Waals surface area contributed by atoms with Gasteiger partial charge in [-0.25, -0.2) is 18.6 Å². The molecule has 9 heteroatoms. The van der Waals surface area contributed by atoms with Gasteiger partial charge in [-0.15, -0.1) is 11.8 Å². The maximum Gasteiger partial charge on any atom is 0.350 e. The van der Waals surface area contributed by atoms with Crippen LogP contribution in [0.4, 0.5) is 13.9 Å². The number of aromatic nitrogens is 1. The highest BCUT2D eigenvalue weighted by Crippen LogP contribution is 2.32. The maximum absolute atomic E-state index is 13.3. The van der Waals surface area contributed by atoms with Gasteiger partial charge in [0.25, 0.3) is 0 Å². The summed E-state index contributed by atoms with van der Waals surface area (Å²) in [7, 11) is 0. The van der Waals surface area contributed by atoms with Crippen molar-refractivity contribution in [3.63, 3.8) is 0 Å². The van der Waals surface area contributed by atoms with Gasteiger partial charge in [0, 0.05) is 10.5 Å². The van der Waals surface area contributed by atoms with Crippen LogP contribution in [0.1, 0.15) is 16.6 Å². The molecule has 0 aliphatic rings. The minimum Gasteiger partial charge on any atom is -0.462 e. The van der Waals surface area contributed by atoms with Crippen molar-refractivity contribution < 1.29 is 23.1 Å². The summed E-state index contributed by atoms with van der Waals surface area (Å²) >= 11 is 2.08. The van der Waals surface area contributed by atoms with Crippen LogP contribution in [0, 0.1) is 11.6 Å². The van der Waals surface area contributed by atoms with Crippen LogP contribution in [0.5, 0.6) is 0 Å². The number of nitrogens with one attached hydrogen (secondary N) is 1. The molecule has 0 bridgehead atoms. The number of hydrogen-bond acceptors (Lipinski definition) is 6. The van der Waals surface area contributed by atoms with E-state index in [0.717, 1.165) is 40.8 Å². The number of carbonyl (C=O) groups is 2. The number of thioether (sulfide) groups is 1. The van der Waals surface area contributed by atoms with Crippen molar-refractivity contribution >= 4 is 40.1 Å². The molecule has 0 atom stereocenters. The van der Waals surface area contributed by atoms with Crippen molar-refractivity contribution in [3.8, 4) is 11.3 Å². The Bertz CT molecular complexity index is 1030. The third-order valence-corrected chi connectivity index (χ3v) is 5.59. The SMILES string of the molecule is CCOC(=O)c1sc(NC(=O)CSc2ccc(F)c(F)c2)nc1-c1ccccc1. The summed E-state index contributed by atoms with van der Waals surface area (Å²) in [6, 6.07) is 12.5. The molecule has 0 aliphatic heterocycles. The topological polar surface area (TPSA) is 68.3 Å². The highest BCUT2D eigenvalue weighted by atomic mass is 32.2. The fraction of sp³-hybridized carbons (Fsp3) is 0.150. The van der Waals surface area contributed by atoms with E-state index in [1.54, 1.807) is 6.92 Å². The Labute approximate surface area is 174 Å². The summed E-state index contributed by atoms with van der Waals surface area (Å²) < 4.78 is 31.3. The molecule has 0 spiro atoms. The Hall–Kier alpha value is -2.78. The van der Waals surface area contributed by atoms with Gasteiger partial charge in [-0.05, 0) is 25.1 Å². The predicted molar refractivity (Wildman–Crippen MR) is 109 cm³/mol. The van der Waals surface area contributed by atoms with Crippen molar-refractivity contribution in [2.75, 3.05) is 17.7 Å². The molecular formula is C20H16F2N2O3S2. The van der Waals surface area contributed by atoms with Gasteiger partial charge in [0.05, 0.1) is 18.1 Å². The van der Waals surface area contributed by atoms with Crippen molar-refractivity contribution in [1.82, 2.24) is 4.98 Å². The van der Waals surface area contributed by atoms with E-state index in [2.05, 4.69) is 10.3 Å². The second kappa shape index (κ2) is 9.62. The highest BCUT2D eigenvalue weighted by molar-refractivity contribution is 8.00. The molecule has 0 radical (unpaired) electrons. The van der Waals surface area contributed by atoms with Gasteiger partial charge in [0.2, 0.25) is 5.91 Å². The number of nitrogens with zero attached hydrogens (tertiary/aromatic N) is 1. The molecule has 3 rings (SSSR count). The number of rotatable bonds is 7. The summed E-state index contributed by atoms with van der Waals surface area (Å²) in [5.74, 6) is -2.84. The first-order valence-corrected chi connectivity index (χ1v) is 10.4. The molecule has 1 N–H and O–H groups in total. The van der Waals surface area contributed by atoms with Gasteiger partial charge < -0.3 is 10.1 Å². The van der Waals surface area contributed by atoms with Crippen LogP contribution in [0.3, 0.4) is 0 Å². The number of carbonyl (C=O) groups excluding carboxylic acids is 2. The second-order valence-electron chi connectivity index (χ2n) is 5.70. The molecule has 29 heavy (non-hydrogen) atoms. The molecule has 1 aromatic heterocycles. The van der Waals surface area contributed by atoms with Crippen molar-refractivity contribution in [1.29, 1.82) is 0 Å². The lowest BCUT2D eigenvalue weighted by Gasteiger charge is -2.03. The van der Waals surface area contributed by atoms with Crippen LogP contribution < -0.4 is 5.32 Å². The quantitative estimate of drug-likeness (QED) is 0.419. The van der Waals surface area contributed by atoms with Gasteiger partial charge in [-0.1, -0.05) is 41.7 Å². The first kappa shape index (κ1) is 20.9. The maximum atomic E-state index is 13.3. The van der Waals surface area contributed by atoms with Gasteiger partial charge >= 0.3 is 5.97 Å². The van der Waals surface area contributed by atoms with Crippen LogP contribution >= 0.6 is 23.1 Å². The number of halogens is 2. The summed E-state index contributed by atoms with van der Waals surface area (Å²) in [5.41, 5.74) is 1.15. The third-order valence-electron chi connectivity index (χ3n) is 3.64. The average molecular weight is 434 g/mol. The number of hydrogen-bond donors (Lipinski definition) is 1. The summed E-state index contributed by atoms with van der Waals surface area (Å²) in [6.45, 7) is 1.93. The third kappa shape index (κ3) is 5.39. The minimum atomic E-state index is -0.970. The molecule has 0 fully saturated rings. The second-order valence-corrected chi connectivity index (χ2v) is 7.74. The van der Waals surface area contributed by atoms with E-state index in [9.17, 15) is 18.4 Å². The van der Waals surface area contributed by atoms with E-state index in [1.165, 1.54) is 6.07 Å². The molecule has 2 aromatic carbocycles. The van der Waals surface area contributed by atoms with Crippen LogP contribution in [0.15, 0.2) is 53.4 Å². The summed E-state index contributed by atoms with van der Waals surface area (Å²) in [4.78, 5) is 29.6. The number of benzene rings is 2. The zero-order valence-corrected chi connectivity index (χ0v) is 16.9. The Morgan fingerprint density at radius 1 is 1.14 bits per heavy atom. The molecule has 0 unspecified atom stereocenters. The average Bonchev–Trinajstić information content (AvgIpc) is 3.13. The van der Waals surface area contributed by atoms with E-state index < -0.39 is 17.6 Å². The highest BCUT2D eigenvalue weighted by Gasteiger charge is 2.21. The standard InChI is InChI=1S/C20H16F2N2O3S2/c1-2-27-19(26)18-17(12-6-4-3-5-7-12)24-20(29-18)23-16(25)11-28-13-8-9-14(21)15(22)10-13/h3-10H,2,11H2,1H3,(H,23,24,25). The van der Waals surface area contributed by atoms with E-state index in [-0.39, 0.29) is 23.4 Å². The first-order chi connectivity index (χ1) is 14.0. The lowest BCUT2D eigenvalue weighted by atomic mass is 10.1. The monoisotopic (exact) mass is 434 g/mol. The molecular weight excluding hydrogens is 418 g/mol. The molecule has 0 aliphatic carbocycles. The fourth-order valence-corrected chi connectivity index (χ4v) is 3.99. The van der Waals surface area contributed by atoms with Gasteiger partial charge in [-0.3, -0.25) is 4.79 Å². The molecule has 1 amide bonds. The Balaban J connectivity index is 1.73. The number of anilines is 1. The molecule has 150 valence electrons. The van der Waals surface area contributed by atoms with E-state index in [4.69, 9.17) is 4.74 Å². The molecule has 3 aromatic rings. The van der Waals surface area contributed by atoms with Crippen LogP contribution in [0.25, 0.3) is 11.3 Å². The normalized spacial score (nSPS) is 10.6. The van der Waals surface area contributed by atoms with Crippen molar-refractivity contribution in [2.45, 2.75) is 11.8 Å². The number of amides is 1. The van der Waals surface area contributed by atoms with Crippen molar-refractivity contribution in [2.24, 2.45) is 0 Å². The zero-order valence-electron chi connectivity index (χ0n) is 15.3. The van der Waals surface area contributed by atoms with Crippen molar-refractivity contribution in [3.05, 3.63) is 65.0 Å². The number of esters is 1. The van der Waals surface area contributed by atoms with Crippen LogP contribution in [-0.4, -0.2) is 29.2 Å². The van der Waals surface area contributed by atoms with Crippen LogP contribution in [-0.2, 0) is 9.53 Å². The molecule has 1 heterocycles.